The first-order valence-electron chi connectivity index (χ1n) is 5.98. The van der Waals surface area contributed by atoms with Crippen LogP contribution in [-0.2, 0) is 4.79 Å². The van der Waals surface area contributed by atoms with Gasteiger partial charge in [-0.3, -0.25) is 9.59 Å². The van der Waals surface area contributed by atoms with Crippen LogP contribution in [0.4, 0.5) is 0 Å². The SMILES string of the molecule is O=C(C[C@@H]1CC[C@H](C(=O)O)C1)c1ccccc1. The Balaban J connectivity index is 1.91. The summed E-state index contributed by atoms with van der Waals surface area (Å²) in [4.78, 5) is 22.7. The fourth-order valence-corrected chi connectivity index (χ4v) is 2.49. The molecule has 0 aromatic heterocycles. The first-order valence-corrected chi connectivity index (χ1v) is 5.98. The zero-order valence-corrected chi connectivity index (χ0v) is 9.63. The molecule has 1 aliphatic rings. The molecule has 2 atom stereocenters. The minimum absolute atomic E-state index is 0.127. The quantitative estimate of drug-likeness (QED) is 0.812. The number of carbonyl (C=O) groups excluding carboxylic acids is 1. The summed E-state index contributed by atoms with van der Waals surface area (Å²) in [6, 6.07) is 9.20. The van der Waals surface area contributed by atoms with E-state index in [1.807, 2.05) is 30.3 Å². The highest BCUT2D eigenvalue weighted by molar-refractivity contribution is 5.96. The molecule has 2 rings (SSSR count). The van der Waals surface area contributed by atoms with E-state index < -0.39 is 5.97 Å². The highest BCUT2D eigenvalue weighted by atomic mass is 16.4. The van der Waals surface area contributed by atoms with Gasteiger partial charge in [0.2, 0.25) is 0 Å². The predicted molar refractivity (Wildman–Crippen MR) is 63.9 cm³/mol. The van der Waals surface area contributed by atoms with Crippen molar-refractivity contribution in [3.63, 3.8) is 0 Å². The Bertz CT molecular complexity index is 411. The molecule has 3 heteroatoms. The van der Waals surface area contributed by atoms with Crippen LogP contribution in [0.1, 0.15) is 36.0 Å². The van der Waals surface area contributed by atoms with Crippen LogP contribution in [0.25, 0.3) is 0 Å². The molecule has 0 bridgehead atoms. The van der Waals surface area contributed by atoms with Gasteiger partial charge < -0.3 is 5.11 Å². The van der Waals surface area contributed by atoms with Crippen molar-refractivity contribution in [3.05, 3.63) is 35.9 Å². The van der Waals surface area contributed by atoms with E-state index in [2.05, 4.69) is 0 Å². The van der Waals surface area contributed by atoms with Crippen molar-refractivity contribution < 1.29 is 14.7 Å². The molecule has 1 fully saturated rings. The second-order valence-electron chi connectivity index (χ2n) is 4.71. The second kappa shape index (κ2) is 5.13. The monoisotopic (exact) mass is 232 g/mol. The number of hydrogen-bond donors (Lipinski definition) is 1. The summed E-state index contributed by atoms with van der Waals surface area (Å²) in [7, 11) is 0. The van der Waals surface area contributed by atoms with E-state index in [0.29, 0.717) is 19.3 Å². The molecule has 17 heavy (non-hydrogen) atoms. The maximum absolute atomic E-state index is 11.9. The number of aliphatic carboxylic acids is 1. The van der Waals surface area contributed by atoms with Crippen LogP contribution in [0.2, 0.25) is 0 Å². The van der Waals surface area contributed by atoms with Crippen LogP contribution in [-0.4, -0.2) is 16.9 Å². The molecular formula is C14H16O3. The van der Waals surface area contributed by atoms with Crippen LogP contribution < -0.4 is 0 Å². The second-order valence-corrected chi connectivity index (χ2v) is 4.71. The van der Waals surface area contributed by atoms with Gasteiger partial charge in [0, 0.05) is 12.0 Å². The summed E-state index contributed by atoms with van der Waals surface area (Å²) < 4.78 is 0. The number of carboxylic acids is 1. The molecule has 90 valence electrons. The zero-order chi connectivity index (χ0) is 12.3. The number of rotatable bonds is 4. The van der Waals surface area contributed by atoms with Crippen LogP contribution in [0, 0.1) is 11.8 Å². The zero-order valence-electron chi connectivity index (χ0n) is 9.63. The summed E-state index contributed by atoms with van der Waals surface area (Å²) in [6.07, 6.45) is 2.69. The van der Waals surface area contributed by atoms with Crippen molar-refractivity contribution in [3.8, 4) is 0 Å². The minimum Gasteiger partial charge on any atom is -0.481 e. The average molecular weight is 232 g/mol. The van der Waals surface area contributed by atoms with Gasteiger partial charge in [-0.05, 0) is 25.2 Å². The van der Waals surface area contributed by atoms with Gasteiger partial charge in [0.15, 0.2) is 5.78 Å². The molecule has 3 nitrogen and oxygen atoms in total. The van der Waals surface area contributed by atoms with Gasteiger partial charge in [0.25, 0.3) is 0 Å². The molecule has 1 aromatic rings. The molecule has 0 unspecified atom stereocenters. The third-order valence-corrected chi connectivity index (χ3v) is 3.46. The van der Waals surface area contributed by atoms with E-state index in [1.54, 1.807) is 0 Å². The largest absolute Gasteiger partial charge is 0.481 e. The Labute approximate surface area is 100 Å². The van der Waals surface area contributed by atoms with Crippen LogP contribution in [0.3, 0.4) is 0 Å². The molecule has 0 saturated heterocycles. The Morgan fingerprint density at radius 1 is 1.18 bits per heavy atom. The summed E-state index contributed by atoms with van der Waals surface area (Å²) in [5.41, 5.74) is 0.728. The Morgan fingerprint density at radius 2 is 1.88 bits per heavy atom. The van der Waals surface area contributed by atoms with Gasteiger partial charge in [0.1, 0.15) is 0 Å². The van der Waals surface area contributed by atoms with Gasteiger partial charge in [0.05, 0.1) is 5.92 Å². The lowest BCUT2D eigenvalue weighted by Gasteiger charge is -2.08. The number of hydrogen-bond acceptors (Lipinski definition) is 2. The topological polar surface area (TPSA) is 54.4 Å². The van der Waals surface area contributed by atoms with Crippen molar-refractivity contribution >= 4 is 11.8 Å². The van der Waals surface area contributed by atoms with Gasteiger partial charge in [-0.2, -0.15) is 0 Å². The summed E-state index contributed by atoms with van der Waals surface area (Å²) in [6.45, 7) is 0. The fourth-order valence-electron chi connectivity index (χ4n) is 2.49. The van der Waals surface area contributed by atoms with Gasteiger partial charge in [-0.1, -0.05) is 30.3 Å². The van der Waals surface area contributed by atoms with Crippen LogP contribution in [0.15, 0.2) is 30.3 Å². The van der Waals surface area contributed by atoms with Gasteiger partial charge in [-0.15, -0.1) is 0 Å². The van der Waals surface area contributed by atoms with Gasteiger partial charge in [-0.25, -0.2) is 0 Å². The van der Waals surface area contributed by atoms with Crippen molar-refractivity contribution in [2.45, 2.75) is 25.7 Å². The lowest BCUT2D eigenvalue weighted by molar-refractivity contribution is -0.141. The summed E-state index contributed by atoms with van der Waals surface area (Å²) in [5, 5.41) is 8.90. The molecular weight excluding hydrogens is 216 g/mol. The van der Waals surface area contributed by atoms with E-state index in [0.717, 1.165) is 12.0 Å². The average Bonchev–Trinajstić information content (AvgIpc) is 2.79. The fraction of sp³-hybridized carbons (Fsp3) is 0.429. The first kappa shape index (κ1) is 11.8. The molecule has 0 aliphatic heterocycles. The molecule has 0 amide bonds. The van der Waals surface area contributed by atoms with Crippen molar-refractivity contribution in [2.24, 2.45) is 11.8 Å². The third kappa shape index (κ3) is 2.93. The van der Waals surface area contributed by atoms with Gasteiger partial charge >= 0.3 is 5.97 Å². The number of carbonyl (C=O) groups is 2. The van der Waals surface area contributed by atoms with E-state index in [1.165, 1.54) is 0 Å². The predicted octanol–water partition coefficient (Wildman–Crippen LogP) is 2.76. The first-order chi connectivity index (χ1) is 8.16. The van der Waals surface area contributed by atoms with E-state index >= 15 is 0 Å². The number of carboxylic acid groups (broad SMARTS) is 1. The molecule has 0 spiro atoms. The smallest absolute Gasteiger partial charge is 0.306 e. The number of Topliss-reactive ketones (excluding diaryl/α,β-unsaturated/α-hetero) is 1. The Kier molecular flexibility index (Phi) is 3.57. The molecule has 1 aromatic carbocycles. The molecule has 1 aliphatic carbocycles. The van der Waals surface area contributed by atoms with Crippen LogP contribution >= 0.6 is 0 Å². The highest BCUT2D eigenvalue weighted by Crippen LogP contribution is 2.33. The minimum atomic E-state index is -0.723. The lowest BCUT2D eigenvalue weighted by Crippen LogP contribution is -2.11. The van der Waals surface area contributed by atoms with Crippen molar-refractivity contribution in [1.82, 2.24) is 0 Å². The molecule has 0 radical (unpaired) electrons. The lowest BCUT2D eigenvalue weighted by atomic mass is 9.96. The highest BCUT2D eigenvalue weighted by Gasteiger charge is 2.30. The summed E-state index contributed by atoms with van der Waals surface area (Å²) in [5.74, 6) is -0.603. The van der Waals surface area contributed by atoms with Crippen LogP contribution in [0.5, 0.6) is 0 Å². The third-order valence-electron chi connectivity index (χ3n) is 3.46. The Morgan fingerprint density at radius 3 is 2.47 bits per heavy atom. The summed E-state index contributed by atoms with van der Waals surface area (Å²) >= 11 is 0. The molecule has 0 heterocycles. The van der Waals surface area contributed by atoms with Crippen molar-refractivity contribution in [2.75, 3.05) is 0 Å². The van der Waals surface area contributed by atoms with Crippen molar-refractivity contribution in [1.29, 1.82) is 0 Å². The van der Waals surface area contributed by atoms with E-state index in [9.17, 15) is 9.59 Å². The van der Waals surface area contributed by atoms with E-state index in [-0.39, 0.29) is 17.6 Å². The normalized spacial score (nSPS) is 23.5. The molecule has 1 N–H and O–H groups in total. The number of ketones is 1. The maximum Gasteiger partial charge on any atom is 0.306 e. The Hall–Kier alpha value is -1.64. The number of benzene rings is 1. The molecule has 1 saturated carbocycles. The van der Waals surface area contributed by atoms with E-state index in [4.69, 9.17) is 5.11 Å². The maximum atomic E-state index is 11.9. The standard InChI is InChI=1S/C14H16O3/c15-13(11-4-2-1-3-5-11)9-10-6-7-12(8-10)14(16)17/h1-5,10,12H,6-9H2,(H,16,17)/t10-,12+/m1/s1.